The van der Waals surface area contributed by atoms with E-state index in [1.807, 2.05) is 29.1 Å². The number of hydrazine groups is 1. The molecule has 11 heteroatoms. The van der Waals surface area contributed by atoms with Gasteiger partial charge in [-0.25, -0.2) is 4.79 Å². The molecule has 144 valence electrons. The zero-order valence-electron chi connectivity index (χ0n) is 15.2. The molecule has 1 aliphatic heterocycles. The van der Waals surface area contributed by atoms with Crippen LogP contribution in [0.4, 0.5) is 4.79 Å². The Bertz CT molecular complexity index is 866. The van der Waals surface area contributed by atoms with E-state index in [9.17, 15) is 14.4 Å². The standard InChI is InChI=1S/C16H20N6O3S2/c1-4-16(2)13(24)22(14(25)17-16)20-12(23)9-27-15-19-18-11(21(15)3)8-10-6-5-7-26-10/h5-7H,4,8-9H2,1-3H3,(H,17,25)(H,20,23)/t16-/m0/s1. The van der Waals surface area contributed by atoms with Gasteiger partial charge in [0.25, 0.3) is 5.91 Å². The fourth-order valence-corrected chi connectivity index (χ4v) is 3.93. The molecule has 1 atom stereocenters. The average Bonchev–Trinajstić information content (AvgIpc) is 3.32. The van der Waals surface area contributed by atoms with Crippen LogP contribution >= 0.6 is 23.1 Å². The smallest absolute Gasteiger partial charge is 0.322 e. The maximum absolute atomic E-state index is 12.3. The van der Waals surface area contributed by atoms with E-state index >= 15 is 0 Å². The second-order valence-corrected chi connectivity index (χ2v) is 8.27. The summed E-state index contributed by atoms with van der Waals surface area (Å²) in [5, 5.41) is 14.2. The first-order valence-electron chi connectivity index (χ1n) is 8.33. The van der Waals surface area contributed by atoms with Crippen molar-refractivity contribution in [2.75, 3.05) is 5.75 Å². The predicted octanol–water partition coefficient (Wildman–Crippen LogP) is 1.31. The summed E-state index contributed by atoms with van der Waals surface area (Å²) in [4.78, 5) is 37.6. The van der Waals surface area contributed by atoms with Gasteiger partial charge in [-0.1, -0.05) is 24.8 Å². The van der Waals surface area contributed by atoms with Gasteiger partial charge in [-0.3, -0.25) is 15.0 Å². The first-order valence-corrected chi connectivity index (χ1v) is 10.2. The van der Waals surface area contributed by atoms with E-state index in [4.69, 9.17) is 0 Å². The number of nitrogens with one attached hydrogen (secondary N) is 2. The molecule has 1 saturated heterocycles. The van der Waals surface area contributed by atoms with E-state index in [2.05, 4.69) is 20.9 Å². The molecule has 0 aliphatic carbocycles. The van der Waals surface area contributed by atoms with E-state index in [-0.39, 0.29) is 5.75 Å². The molecule has 0 radical (unpaired) electrons. The first-order chi connectivity index (χ1) is 12.8. The molecule has 0 bridgehead atoms. The number of rotatable bonds is 7. The Morgan fingerprint density at radius 2 is 2.19 bits per heavy atom. The minimum Gasteiger partial charge on any atom is -0.322 e. The van der Waals surface area contributed by atoms with Crippen molar-refractivity contribution in [3.8, 4) is 0 Å². The fourth-order valence-electron chi connectivity index (χ4n) is 2.51. The SMILES string of the molecule is CC[C@]1(C)NC(=O)N(NC(=O)CSc2nnc(Cc3cccs3)n2C)C1=O. The molecule has 9 nitrogen and oxygen atoms in total. The highest BCUT2D eigenvalue weighted by atomic mass is 32.2. The van der Waals surface area contributed by atoms with Crippen molar-refractivity contribution in [2.24, 2.45) is 7.05 Å². The largest absolute Gasteiger partial charge is 0.344 e. The number of urea groups is 1. The highest BCUT2D eigenvalue weighted by molar-refractivity contribution is 7.99. The quantitative estimate of drug-likeness (QED) is 0.528. The molecule has 1 fully saturated rings. The van der Waals surface area contributed by atoms with Crippen molar-refractivity contribution in [2.45, 2.75) is 37.4 Å². The number of aromatic nitrogens is 3. The van der Waals surface area contributed by atoms with Crippen molar-refractivity contribution in [3.05, 3.63) is 28.2 Å². The van der Waals surface area contributed by atoms with E-state index < -0.39 is 23.4 Å². The second kappa shape index (κ2) is 7.69. The van der Waals surface area contributed by atoms with Gasteiger partial charge in [-0.15, -0.1) is 21.5 Å². The van der Waals surface area contributed by atoms with E-state index in [0.29, 0.717) is 18.0 Å². The maximum atomic E-state index is 12.3. The number of hydrogen-bond acceptors (Lipinski definition) is 7. The lowest BCUT2D eigenvalue weighted by Gasteiger charge is -2.19. The summed E-state index contributed by atoms with van der Waals surface area (Å²) in [6.07, 6.45) is 1.11. The van der Waals surface area contributed by atoms with E-state index in [0.717, 1.165) is 10.8 Å². The number of thioether (sulfide) groups is 1. The molecule has 0 unspecified atom stereocenters. The molecule has 2 aromatic heterocycles. The third-order valence-corrected chi connectivity index (χ3v) is 6.27. The van der Waals surface area contributed by atoms with Crippen LogP contribution in [-0.2, 0) is 23.1 Å². The molecule has 3 heterocycles. The summed E-state index contributed by atoms with van der Waals surface area (Å²) in [6.45, 7) is 3.42. The van der Waals surface area contributed by atoms with E-state index in [1.165, 1.54) is 16.6 Å². The summed E-state index contributed by atoms with van der Waals surface area (Å²) >= 11 is 2.84. The average molecular weight is 409 g/mol. The highest BCUT2D eigenvalue weighted by Crippen LogP contribution is 2.21. The Hall–Kier alpha value is -2.40. The predicted molar refractivity (Wildman–Crippen MR) is 101 cm³/mol. The second-order valence-electron chi connectivity index (χ2n) is 6.29. The monoisotopic (exact) mass is 408 g/mol. The van der Waals surface area contributed by atoms with Crippen molar-refractivity contribution in [1.82, 2.24) is 30.5 Å². The summed E-state index contributed by atoms with van der Waals surface area (Å²) < 4.78 is 1.83. The van der Waals surface area contributed by atoms with E-state index in [1.54, 1.807) is 25.2 Å². The highest BCUT2D eigenvalue weighted by Gasteiger charge is 2.47. The lowest BCUT2D eigenvalue weighted by atomic mass is 10.00. The van der Waals surface area contributed by atoms with Crippen molar-refractivity contribution in [3.63, 3.8) is 0 Å². The number of thiophene rings is 1. The molecule has 1 aliphatic rings. The Morgan fingerprint density at radius 1 is 1.41 bits per heavy atom. The van der Waals surface area contributed by atoms with Crippen LogP contribution in [0.3, 0.4) is 0 Å². The van der Waals surface area contributed by atoms with Crippen LogP contribution in [0.15, 0.2) is 22.7 Å². The molecule has 4 amide bonds. The van der Waals surface area contributed by atoms with Gasteiger partial charge in [0.15, 0.2) is 5.16 Å². The third-order valence-electron chi connectivity index (χ3n) is 4.37. The topological polar surface area (TPSA) is 109 Å². The number of nitrogens with zero attached hydrogens (tertiary/aromatic N) is 4. The fraction of sp³-hybridized carbons (Fsp3) is 0.438. The molecule has 27 heavy (non-hydrogen) atoms. The lowest BCUT2D eigenvalue weighted by Crippen LogP contribution is -2.49. The molecule has 3 rings (SSSR count). The van der Waals surface area contributed by atoms with Gasteiger partial charge in [-0.05, 0) is 24.8 Å². The summed E-state index contributed by atoms with van der Waals surface area (Å²) in [5.41, 5.74) is 1.37. The van der Waals surface area contributed by atoms with Gasteiger partial charge in [0.05, 0.1) is 5.75 Å². The summed E-state index contributed by atoms with van der Waals surface area (Å²) in [5.74, 6) is -0.129. The van der Waals surface area contributed by atoms with Gasteiger partial charge >= 0.3 is 6.03 Å². The number of hydrogen-bond donors (Lipinski definition) is 2. The van der Waals surface area contributed by atoms with Crippen LogP contribution in [0.5, 0.6) is 0 Å². The van der Waals surface area contributed by atoms with Gasteiger partial charge in [0, 0.05) is 18.3 Å². The zero-order valence-corrected chi connectivity index (χ0v) is 16.8. The number of amides is 4. The van der Waals surface area contributed by atoms with Crippen LogP contribution in [-0.4, -0.2) is 48.9 Å². The Labute approximate surface area is 164 Å². The van der Waals surface area contributed by atoms with Crippen LogP contribution < -0.4 is 10.7 Å². The van der Waals surface area contributed by atoms with Gasteiger partial charge in [-0.2, -0.15) is 5.01 Å². The van der Waals surface area contributed by atoms with Gasteiger partial charge in [0.1, 0.15) is 11.4 Å². The minimum absolute atomic E-state index is 0.00484. The molecular weight excluding hydrogens is 388 g/mol. The Morgan fingerprint density at radius 3 is 2.81 bits per heavy atom. The van der Waals surface area contributed by atoms with Crippen LogP contribution in [0.2, 0.25) is 0 Å². The lowest BCUT2D eigenvalue weighted by molar-refractivity contribution is -0.137. The van der Waals surface area contributed by atoms with Gasteiger partial charge in [0.2, 0.25) is 5.91 Å². The molecule has 2 aromatic rings. The number of imide groups is 1. The molecule has 2 N–H and O–H groups in total. The van der Waals surface area contributed by atoms with Crippen molar-refractivity contribution < 1.29 is 14.4 Å². The minimum atomic E-state index is -0.988. The first kappa shape index (κ1) is 19.4. The number of carbonyl (C=O) groups is 3. The Balaban J connectivity index is 1.56. The van der Waals surface area contributed by atoms with Crippen molar-refractivity contribution in [1.29, 1.82) is 0 Å². The third kappa shape index (κ3) is 3.98. The van der Waals surface area contributed by atoms with Crippen LogP contribution in [0.25, 0.3) is 0 Å². The maximum Gasteiger partial charge on any atom is 0.344 e. The molecular formula is C16H20N6O3S2. The molecule has 0 aromatic carbocycles. The summed E-state index contributed by atoms with van der Waals surface area (Å²) in [6, 6.07) is 3.39. The zero-order chi connectivity index (χ0) is 19.6. The normalized spacial score (nSPS) is 19.4. The Kier molecular flexibility index (Phi) is 5.51. The van der Waals surface area contributed by atoms with Crippen LogP contribution in [0.1, 0.15) is 31.0 Å². The van der Waals surface area contributed by atoms with Crippen LogP contribution in [0, 0.1) is 0 Å². The number of carbonyl (C=O) groups excluding carboxylic acids is 3. The molecule has 0 saturated carbocycles. The summed E-state index contributed by atoms with van der Waals surface area (Å²) in [7, 11) is 1.84. The van der Waals surface area contributed by atoms with Crippen molar-refractivity contribution >= 4 is 40.9 Å². The molecule has 0 spiro atoms. The van der Waals surface area contributed by atoms with Gasteiger partial charge < -0.3 is 9.88 Å².